The number of aromatic nitrogens is 4. The zero-order valence-electron chi connectivity index (χ0n) is 13.8. The number of benzene rings is 1. The van der Waals surface area contributed by atoms with Crippen LogP contribution < -0.4 is 14.5 Å². The van der Waals surface area contributed by atoms with Gasteiger partial charge < -0.3 is 14.5 Å². The highest BCUT2D eigenvalue weighted by Crippen LogP contribution is 2.27. The van der Waals surface area contributed by atoms with Crippen LogP contribution in [-0.2, 0) is 0 Å². The van der Waals surface area contributed by atoms with Crippen LogP contribution in [0.5, 0.6) is 5.88 Å². The van der Waals surface area contributed by atoms with E-state index in [4.69, 9.17) is 4.74 Å². The maximum absolute atomic E-state index is 5.16. The molecule has 0 radical (unpaired) electrons. The molecule has 3 aromatic rings. The second-order valence-electron chi connectivity index (χ2n) is 5.75. The number of ether oxygens (including phenoxy) is 1. The average Bonchev–Trinajstić information content (AvgIpc) is 2.67. The molecule has 0 spiro atoms. The summed E-state index contributed by atoms with van der Waals surface area (Å²) < 4.78 is 6.19. The van der Waals surface area contributed by atoms with Crippen LogP contribution in [0.3, 0.4) is 0 Å². The van der Waals surface area contributed by atoms with Crippen LogP contribution in [0.25, 0.3) is 10.9 Å². The van der Waals surface area contributed by atoms with Gasteiger partial charge in [-0.15, -0.1) is 0 Å². The number of rotatable bonds is 3. The van der Waals surface area contributed by atoms with Gasteiger partial charge in [-0.05, 0) is 18.2 Å². The van der Waals surface area contributed by atoms with Gasteiger partial charge in [0.2, 0.25) is 5.88 Å². The van der Waals surface area contributed by atoms with Crippen LogP contribution in [-0.4, -0.2) is 53.2 Å². The predicted octanol–water partition coefficient (Wildman–Crippen LogP) is 2.52. The van der Waals surface area contributed by atoms with Gasteiger partial charge in [0, 0.05) is 36.0 Å². The first-order chi connectivity index (χ1) is 12.2. The van der Waals surface area contributed by atoms with Crippen LogP contribution in [0, 0.1) is 0 Å². The van der Waals surface area contributed by atoms with Gasteiger partial charge in [0.05, 0.1) is 25.0 Å². The molecule has 1 saturated heterocycles. The van der Waals surface area contributed by atoms with E-state index in [0.717, 1.165) is 53.2 Å². The molecule has 7 nitrogen and oxygen atoms in total. The zero-order valence-corrected chi connectivity index (χ0v) is 15.3. The molecular formula is C17H17BrN6O. The van der Waals surface area contributed by atoms with E-state index in [1.165, 1.54) is 0 Å². The van der Waals surface area contributed by atoms with Crippen molar-refractivity contribution in [3.05, 3.63) is 41.4 Å². The average molecular weight is 401 g/mol. The number of anilines is 2. The van der Waals surface area contributed by atoms with Crippen molar-refractivity contribution in [2.24, 2.45) is 0 Å². The fourth-order valence-electron chi connectivity index (χ4n) is 3.00. The first-order valence-electron chi connectivity index (χ1n) is 8.01. The molecule has 0 N–H and O–H groups in total. The van der Waals surface area contributed by atoms with E-state index in [1.54, 1.807) is 25.8 Å². The first kappa shape index (κ1) is 16.0. The SMILES string of the molecule is COc1cncc(N2CCN(c3ncnc4ccc(Br)cc34)CC2)n1. The molecule has 1 aliphatic heterocycles. The van der Waals surface area contributed by atoms with Gasteiger partial charge in [0.15, 0.2) is 5.82 Å². The van der Waals surface area contributed by atoms with Gasteiger partial charge in [0.1, 0.15) is 12.1 Å². The molecule has 0 saturated carbocycles. The Bertz CT molecular complexity index is 897. The third kappa shape index (κ3) is 3.21. The maximum Gasteiger partial charge on any atom is 0.233 e. The van der Waals surface area contributed by atoms with Gasteiger partial charge in [0.25, 0.3) is 0 Å². The van der Waals surface area contributed by atoms with Crippen LogP contribution in [0.15, 0.2) is 41.4 Å². The highest BCUT2D eigenvalue weighted by molar-refractivity contribution is 9.10. The molecule has 4 rings (SSSR count). The van der Waals surface area contributed by atoms with Gasteiger partial charge >= 0.3 is 0 Å². The summed E-state index contributed by atoms with van der Waals surface area (Å²) in [5, 5.41) is 1.06. The van der Waals surface area contributed by atoms with Crippen LogP contribution in [0.1, 0.15) is 0 Å². The summed E-state index contributed by atoms with van der Waals surface area (Å²) in [7, 11) is 1.60. The Morgan fingerprint density at radius 1 is 1.04 bits per heavy atom. The minimum atomic E-state index is 0.534. The Hall–Kier alpha value is -2.48. The molecule has 0 aliphatic carbocycles. The van der Waals surface area contributed by atoms with E-state index in [2.05, 4.69) is 51.7 Å². The first-order valence-corrected chi connectivity index (χ1v) is 8.80. The van der Waals surface area contributed by atoms with E-state index in [-0.39, 0.29) is 0 Å². The molecule has 8 heteroatoms. The van der Waals surface area contributed by atoms with Crippen molar-refractivity contribution >= 4 is 38.5 Å². The summed E-state index contributed by atoms with van der Waals surface area (Å²) in [5.74, 6) is 2.35. The highest BCUT2D eigenvalue weighted by atomic mass is 79.9. The Kier molecular flexibility index (Phi) is 4.35. The lowest BCUT2D eigenvalue weighted by Crippen LogP contribution is -2.47. The maximum atomic E-state index is 5.16. The molecule has 128 valence electrons. The third-order valence-electron chi connectivity index (χ3n) is 4.29. The molecule has 0 unspecified atom stereocenters. The number of halogens is 1. The summed E-state index contributed by atoms with van der Waals surface area (Å²) in [6, 6.07) is 6.08. The molecule has 0 atom stereocenters. The minimum Gasteiger partial charge on any atom is -0.480 e. The van der Waals surface area contributed by atoms with Crippen LogP contribution in [0.2, 0.25) is 0 Å². The van der Waals surface area contributed by atoms with E-state index in [9.17, 15) is 0 Å². The summed E-state index contributed by atoms with van der Waals surface area (Å²) >= 11 is 3.53. The molecule has 1 fully saturated rings. The monoisotopic (exact) mass is 400 g/mol. The second kappa shape index (κ2) is 6.79. The number of hydrogen-bond acceptors (Lipinski definition) is 7. The normalized spacial score (nSPS) is 14.8. The lowest BCUT2D eigenvalue weighted by atomic mass is 10.2. The van der Waals surface area contributed by atoms with Crippen molar-refractivity contribution in [1.29, 1.82) is 0 Å². The fraction of sp³-hybridized carbons (Fsp3) is 0.294. The molecular weight excluding hydrogens is 384 g/mol. The third-order valence-corrected chi connectivity index (χ3v) is 4.78. The number of piperazine rings is 1. The quantitative estimate of drug-likeness (QED) is 0.668. The summed E-state index contributed by atoms with van der Waals surface area (Å²) in [6.07, 6.45) is 5.02. The molecule has 1 aliphatic rings. The van der Waals surface area contributed by atoms with Crippen molar-refractivity contribution in [2.75, 3.05) is 43.1 Å². The van der Waals surface area contributed by atoms with Crippen molar-refractivity contribution < 1.29 is 4.74 Å². The Labute approximate surface area is 153 Å². The topological polar surface area (TPSA) is 67.3 Å². The molecule has 1 aromatic carbocycles. The minimum absolute atomic E-state index is 0.534. The fourth-order valence-corrected chi connectivity index (χ4v) is 3.36. The van der Waals surface area contributed by atoms with Crippen LogP contribution >= 0.6 is 15.9 Å². The van der Waals surface area contributed by atoms with Gasteiger partial charge in [-0.3, -0.25) is 4.98 Å². The van der Waals surface area contributed by atoms with Crippen LogP contribution in [0.4, 0.5) is 11.6 Å². The Balaban J connectivity index is 1.55. The number of fused-ring (bicyclic) bond motifs is 1. The van der Waals surface area contributed by atoms with E-state index in [1.807, 2.05) is 12.1 Å². The molecule has 0 bridgehead atoms. The molecule has 25 heavy (non-hydrogen) atoms. The van der Waals surface area contributed by atoms with Crippen molar-refractivity contribution in [2.45, 2.75) is 0 Å². The Morgan fingerprint density at radius 2 is 1.84 bits per heavy atom. The van der Waals surface area contributed by atoms with E-state index < -0.39 is 0 Å². The summed E-state index contributed by atoms with van der Waals surface area (Å²) in [6.45, 7) is 3.41. The summed E-state index contributed by atoms with van der Waals surface area (Å²) in [4.78, 5) is 22.0. The zero-order chi connectivity index (χ0) is 17.2. The largest absolute Gasteiger partial charge is 0.480 e. The second-order valence-corrected chi connectivity index (χ2v) is 6.67. The molecule has 3 heterocycles. The highest BCUT2D eigenvalue weighted by Gasteiger charge is 2.21. The van der Waals surface area contributed by atoms with E-state index >= 15 is 0 Å². The van der Waals surface area contributed by atoms with Gasteiger partial charge in [-0.1, -0.05) is 15.9 Å². The van der Waals surface area contributed by atoms with Crippen molar-refractivity contribution in [3.63, 3.8) is 0 Å². The number of hydrogen-bond donors (Lipinski definition) is 0. The standard InChI is InChI=1S/C17H17BrN6O/c1-25-16-10-19-9-15(22-16)23-4-6-24(7-5-23)17-13-8-12(18)2-3-14(13)20-11-21-17/h2-3,8-11H,4-7H2,1H3. The molecule has 0 amide bonds. The number of nitrogens with zero attached hydrogens (tertiary/aromatic N) is 6. The predicted molar refractivity (Wildman–Crippen MR) is 100 cm³/mol. The number of methoxy groups -OCH3 is 1. The molecule has 2 aromatic heterocycles. The van der Waals surface area contributed by atoms with Gasteiger partial charge in [-0.25, -0.2) is 9.97 Å². The van der Waals surface area contributed by atoms with E-state index in [0.29, 0.717) is 5.88 Å². The van der Waals surface area contributed by atoms with Gasteiger partial charge in [-0.2, -0.15) is 4.98 Å². The lowest BCUT2D eigenvalue weighted by molar-refractivity contribution is 0.395. The Morgan fingerprint density at radius 3 is 2.64 bits per heavy atom. The smallest absolute Gasteiger partial charge is 0.233 e. The van der Waals surface area contributed by atoms with Crippen molar-refractivity contribution in [3.8, 4) is 5.88 Å². The van der Waals surface area contributed by atoms with Crippen molar-refractivity contribution in [1.82, 2.24) is 19.9 Å². The summed E-state index contributed by atoms with van der Waals surface area (Å²) in [5.41, 5.74) is 0.953. The lowest BCUT2D eigenvalue weighted by Gasteiger charge is -2.36.